The van der Waals surface area contributed by atoms with E-state index in [1.807, 2.05) is 18.3 Å². The molecule has 0 fully saturated rings. The molecule has 3 nitrogen and oxygen atoms in total. The average Bonchev–Trinajstić information content (AvgIpc) is 2.92. The van der Waals surface area contributed by atoms with Crippen molar-refractivity contribution in [1.82, 2.24) is 10.3 Å². The van der Waals surface area contributed by atoms with Gasteiger partial charge in [0.25, 0.3) is 0 Å². The van der Waals surface area contributed by atoms with Crippen LogP contribution in [0, 0.1) is 0 Å². The minimum absolute atomic E-state index is 0.330. The van der Waals surface area contributed by atoms with Gasteiger partial charge in [-0.2, -0.15) is 0 Å². The summed E-state index contributed by atoms with van der Waals surface area (Å²) in [5.41, 5.74) is 1.27. The minimum Gasteiger partial charge on any atom is -0.508 e. The molecule has 0 bridgehead atoms. The first-order valence-electron chi connectivity index (χ1n) is 7.12. The number of aryl methyl sites for hydroxylation is 2. The van der Waals surface area contributed by atoms with Crippen molar-refractivity contribution in [3.8, 4) is 5.75 Å². The SMILES string of the molecule is CCc1ncc(CNC(C)CCc2ccc(O)cc2)s1. The van der Waals surface area contributed by atoms with Gasteiger partial charge >= 0.3 is 0 Å². The molecule has 4 heteroatoms. The average molecular weight is 290 g/mol. The van der Waals surface area contributed by atoms with Crippen LogP contribution in [0.15, 0.2) is 30.5 Å². The van der Waals surface area contributed by atoms with Crippen molar-refractivity contribution in [1.29, 1.82) is 0 Å². The molecule has 1 aromatic carbocycles. The van der Waals surface area contributed by atoms with Gasteiger partial charge in [0.05, 0.1) is 5.01 Å². The van der Waals surface area contributed by atoms with Crippen LogP contribution in [-0.4, -0.2) is 16.1 Å². The zero-order chi connectivity index (χ0) is 14.4. The van der Waals surface area contributed by atoms with E-state index in [1.165, 1.54) is 15.4 Å². The Bertz CT molecular complexity index is 522. The Morgan fingerprint density at radius 3 is 2.70 bits per heavy atom. The van der Waals surface area contributed by atoms with Crippen molar-refractivity contribution < 1.29 is 5.11 Å². The predicted octanol–water partition coefficient (Wildman–Crippen LogP) is 3.52. The van der Waals surface area contributed by atoms with Crippen LogP contribution < -0.4 is 5.32 Å². The number of phenols is 1. The first kappa shape index (κ1) is 15.0. The van der Waals surface area contributed by atoms with Crippen LogP contribution in [0.1, 0.15) is 35.7 Å². The lowest BCUT2D eigenvalue weighted by Crippen LogP contribution is -2.25. The summed E-state index contributed by atoms with van der Waals surface area (Å²) in [6.45, 7) is 5.24. The topological polar surface area (TPSA) is 45.2 Å². The molecule has 108 valence electrons. The molecule has 0 saturated heterocycles. The van der Waals surface area contributed by atoms with Crippen LogP contribution in [0.25, 0.3) is 0 Å². The van der Waals surface area contributed by atoms with E-state index >= 15 is 0 Å². The maximum absolute atomic E-state index is 9.25. The Hall–Kier alpha value is -1.39. The summed E-state index contributed by atoms with van der Waals surface area (Å²) in [5.74, 6) is 0.330. The molecule has 0 radical (unpaired) electrons. The van der Waals surface area contributed by atoms with Crippen molar-refractivity contribution in [2.45, 2.75) is 45.7 Å². The summed E-state index contributed by atoms with van der Waals surface area (Å²) in [6, 6.07) is 7.93. The molecular formula is C16H22N2OS. The van der Waals surface area contributed by atoms with E-state index in [0.29, 0.717) is 11.8 Å². The molecule has 1 heterocycles. The fraction of sp³-hybridized carbons (Fsp3) is 0.438. The smallest absolute Gasteiger partial charge is 0.115 e. The zero-order valence-electron chi connectivity index (χ0n) is 12.1. The van der Waals surface area contributed by atoms with Crippen molar-refractivity contribution in [3.05, 3.63) is 45.9 Å². The number of hydrogen-bond acceptors (Lipinski definition) is 4. The second-order valence-electron chi connectivity index (χ2n) is 5.06. The molecule has 0 aliphatic heterocycles. The van der Waals surface area contributed by atoms with Crippen LogP contribution in [0.5, 0.6) is 5.75 Å². The number of aromatic nitrogens is 1. The molecule has 0 saturated carbocycles. The van der Waals surface area contributed by atoms with E-state index in [9.17, 15) is 5.11 Å². The van der Waals surface area contributed by atoms with Gasteiger partial charge in [-0.25, -0.2) is 4.98 Å². The molecule has 20 heavy (non-hydrogen) atoms. The van der Waals surface area contributed by atoms with Crippen molar-refractivity contribution >= 4 is 11.3 Å². The third-order valence-electron chi connectivity index (χ3n) is 3.33. The molecule has 0 amide bonds. The molecular weight excluding hydrogens is 268 g/mol. The van der Waals surface area contributed by atoms with Gasteiger partial charge in [0.15, 0.2) is 0 Å². The third kappa shape index (κ3) is 4.62. The van der Waals surface area contributed by atoms with Gasteiger partial charge in [0.1, 0.15) is 5.75 Å². The van der Waals surface area contributed by atoms with Crippen LogP contribution >= 0.6 is 11.3 Å². The number of rotatable bonds is 7. The zero-order valence-corrected chi connectivity index (χ0v) is 12.9. The van der Waals surface area contributed by atoms with Crippen LogP contribution in [-0.2, 0) is 19.4 Å². The lowest BCUT2D eigenvalue weighted by atomic mass is 10.1. The highest BCUT2D eigenvalue weighted by Gasteiger charge is 2.05. The van der Waals surface area contributed by atoms with E-state index < -0.39 is 0 Å². The van der Waals surface area contributed by atoms with Crippen LogP contribution in [0.2, 0.25) is 0 Å². The number of nitrogens with zero attached hydrogens (tertiary/aromatic N) is 1. The number of phenolic OH excluding ortho intramolecular Hbond substituents is 1. The van der Waals surface area contributed by atoms with Crippen LogP contribution in [0.4, 0.5) is 0 Å². The lowest BCUT2D eigenvalue weighted by molar-refractivity contribution is 0.474. The molecule has 0 aliphatic rings. The predicted molar refractivity (Wildman–Crippen MR) is 84.2 cm³/mol. The fourth-order valence-corrected chi connectivity index (χ4v) is 2.83. The highest BCUT2D eigenvalue weighted by atomic mass is 32.1. The van der Waals surface area contributed by atoms with E-state index in [2.05, 4.69) is 24.1 Å². The molecule has 0 aliphatic carbocycles. The van der Waals surface area contributed by atoms with E-state index in [-0.39, 0.29) is 0 Å². The van der Waals surface area contributed by atoms with Gasteiger partial charge in [-0.05, 0) is 43.9 Å². The van der Waals surface area contributed by atoms with Gasteiger partial charge in [-0.15, -0.1) is 11.3 Å². The normalized spacial score (nSPS) is 12.5. The van der Waals surface area contributed by atoms with E-state index in [1.54, 1.807) is 23.5 Å². The van der Waals surface area contributed by atoms with Gasteiger partial charge in [-0.3, -0.25) is 0 Å². The molecule has 0 spiro atoms. The summed E-state index contributed by atoms with van der Waals surface area (Å²) in [6.07, 6.45) is 5.10. The Morgan fingerprint density at radius 2 is 2.05 bits per heavy atom. The Morgan fingerprint density at radius 1 is 1.30 bits per heavy atom. The molecule has 1 aromatic heterocycles. The number of thiazole rings is 1. The van der Waals surface area contributed by atoms with Crippen molar-refractivity contribution in [2.24, 2.45) is 0 Å². The van der Waals surface area contributed by atoms with Gasteiger partial charge in [-0.1, -0.05) is 19.1 Å². The lowest BCUT2D eigenvalue weighted by Gasteiger charge is -2.12. The van der Waals surface area contributed by atoms with E-state index in [4.69, 9.17) is 0 Å². The number of hydrogen-bond donors (Lipinski definition) is 2. The van der Waals surface area contributed by atoms with Crippen molar-refractivity contribution in [3.63, 3.8) is 0 Å². The Labute approximate surface area is 124 Å². The standard InChI is InChI=1S/C16H22N2OS/c1-3-16-18-11-15(20-16)10-17-12(2)4-5-13-6-8-14(19)9-7-13/h6-9,11-12,17,19H,3-5,10H2,1-2H3. The largest absolute Gasteiger partial charge is 0.508 e. The maximum Gasteiger partial charge on any atom is 0.115 e. The van der Waals surface area contributed by atoms with Gasteiger partial charge in [0, 0.05) is 23.7 Å². The fourth-order valence-electron chi connectivity index (χ4n) is 2.02. The molecule has 2 rings (SSSR count). The third-order valence-corrected chi connectivity index (χ3v) is 4.47. The number of benzene rings is 1. The molecule has 2 aromatic rings. The molecule has 1 unspecified atom stereocenters. The van der Waals surface area contributed by atoms with Gasteiger partial charge < -0.3 is 10.4 Å². The van der Waals surface area contributed by atoms with Crippen LogP contribution in [0.3, 0.4) is 0 Å². The summed E-state index contributed by atoms with van der Waals surface area (Å²) in [5, 5.41) is 14.0. The maximum atomic E-state index is 9.25. The first-order chi connectivity index (χ1) is 9.67. The second kappa shape index (κ2) is 7.41. The summed E-state index contributed by atoms with van der Waals surface area (Å²) < 4.78 is 0. The highest BCUT2D eigenvalue weighted by molar-refractivity contribution is 7.11. The summed E-state index contributed by atoms with van der Waals surface area (Å²) in [4.78, 5) is 5.67. The van der Waals surface area contributed by atoms with Crippen molar-refractivity contribution in [2.75, 3.05) is 0 Å². The quantitative estimate of drug-likeness (QED) is 0.820. The summed E-state index contributed by atoms with van der Waals surface area (Å²) in [7, 11) is 0. The second-order valence-corrected chi connectivity index (χ2v) is 6.26. The molecule has 1 atom stereocenters. The Kier molecular flexibility index (Phi) is 5.56. The molecule has 2 N–H and O–H groups in total. The monoisotopic (exact) mass is 290 g/mol. The minimum atomic E-state index is 0.330. The van der Waals surface area contributed by atoms with E-state index in [0.717, 1.165) is 25.8 Å². The van der Waals surface area contributed by atoms with Gasteiger partial charge in [0.2, 0.25) is 0 Å². The number of nitrogens with one attached hydrogen (secondary N) is 1. The summed E-state index contributed by atoms with van der Waals surface area (Å²) >= 11 is 1.79. The number of aromatic hydroxyl groups is 1. The Balaban J connectivity index is 1.72. The highest BCUT2D eigenvalue weighted by Crippen LogP contribution is 2.14. The first-order valence-corrected chi connectivity index (χ1v) is 7.94.